The van der Waals surface area contributed by atoms with Crippen LogP contribution in [0.15, 0.2) is 48.2 Å². The van der Waals surface area contributed by atoms with Crippen molar-refractivity contribution in [2.75, 3.05) is 6.54 Å². The largest absolute Gasteiger partial charge is 0.325 e. The van der Waals surface area contributed by atoms with E-state index < -0.39 is 0 Å². The quantitative estimate of drug-likeness (QED) is 0.745. The summed E-state index contributed by atoms with van der Waals surface area (Å²) in [7, 11) is 0. The molecule has 0 amide bonds. The molecule has 0 aliphatic carbocycles. The van der Waals surface area contributed by atoms with E-state index in [9.17, 15) is 0 Å². The van der Waals surface area contributed by atoms with Crippen LogP contribution in [0.4, 0.5) is 0 Å². The average molecular weight is 296 g/mol. The second kappa shape index (κ2) is 5.42. The minimum atomic E-state index is 0.903. The zero-order chi connectivity index (χ0) is 14.1. The van der Waals surface area contributed by atoms with Crippen molar-refractivity contribution in [3.05, 3.63) is 59.6 Å². The van der Waals surface area contributed by atoms with Crippen molar-refractivity contribution in [3.8, 4) is 10.6 Å². The first-order valence-electron chi connectivity index (χ1n) is 7.10. The van der Waals surface area contributed by atoms with Crippen LogP contribution < -0.4 is 0 Å². The van der Waals surface area contributed by atoms with E-state index in [-0.39, 0.29) is 0 Å². The topological polar surface area (TPSA) is 34.0 Å². The van der Waals surface area contributed by atoms with Gasteiger partial charge in [0.1, 0.15) is 5.82 Å². The van der Waals surface area contributed by atoms with E-state index in [1.807, 2.05) is 24.7 Å². The Morgan fingerprint density at radius 3 is 2.95 bits per heavy atom. The summed E-state index contributed by atoms with van der Waals surface area (Å²) in [5, 5.41) is 2.12. The van der Waals surface area contributed by atoms with Gasteiger partial charge in [0.05, 0.1) is 23.3 Å². The molecule has 21 heavy (non-hydrogen) atoms. The summed E-state index contributed by atoms with van der Waals surface area (Å²) in [6, 6.07) is 8.38. The normalized spacial score (nSPS) is 15.0. The van der Waals surface area contributed by atoms with Gasteiger partial charge >= 0.3 is 0 Å². The first kappa shape index (κ1) is 12.7. The van der Waals surface area contributed by atoms with E-state index in [0.717, 1.165) is 32.0 Å². The molecule has 3 aromatic heterocycles. The van der Waals surface area contributed by atoms with Crippen molar-refractivity contribution < 1.29 is 0 Å². The predicted molar refractivity (Wildman–Crippen MR) is 83.9 cm³/mol. The number of aromatic nitrogens is 3. The molecule has 1 aliphatic heterocycles. The third kappa shape index (κ3) is 2.50. The summed E-state index contributed by atoms with van der Waals surface area (Å²) in [4.78, 5) is 12.5. The van der Waals surface area contributed by atoms with Gasteiger partial charge in [0, 0.05) is 32.0 Å². The second-order valence-corrected chi connectivity index (χ2v) is 6.21. The van der Waals surface area contributed by atoms with Gasteiger partial charge in [-0.3, -0.25) is 9.88 Å². The van der Waals surface area contributed by atoms with Gasteiger partial charge in [0.15, 0.2) is 0 Å². The Bertz CT molecular complexity index is 718. The summed E-state index contributed by atoms with van der Waals surface area (Å²) < 4.78 is 2.35. The molecule has 0 fully saturated rings. The Morgan fingerprint density at radius 1 is 1.14 bits per heavy atom. The van der Waals surface area contributed by atoms with Crippen LogP contribution in [0.25, 0.3) is 10.6 Å². The van der Waals surface area contributed by atoms with E-state index in [0.29, 0.717) is 0 Å². The number of fused-ring (bicyclic) bond motifs is 1. The van der Waals surface area contributed by atoms with Crippen LogP contribution in [0.1, 0.15) is 11.4 Å². The van der Waals surface area contributed by atoms with Crippen LogP contribution in [-0.2, 0) is 19.6 Å². The van der Waals surface area contributed by atoms with Crippen LogP contribution in [0, 0.1) is 0 Å². The molecule has 0 saturated heterocycles. The number of rotatable bonds is 3. The predicted octanol–water partition coefficient (Wildman–Crippen LogP) is 3.02. The van der Waals surface area contributed by atoms with Gasteiger partial charge in [-0.1, -0.05) is 12.1 Å². The smallest absolute Gasteiger partial charge is 0.123 e. The van der Waals surface area contributed by atoms with E-state index in [2.05, 4.69) is 43.0 Å². The highest BCUT2D eigenvalue weighted by atomic mass is 32.1. The zero-order valence-electron chi connectivity index (χ0n) is 11.6. The number of pyridine rings is 1. The molecule has 0 bridgehead atoms. The van der Waals surface area contributed by atoms with Crippen molar-refractivity contribution in [1.82, 2.24) is 19.4 Å². The highest BCUT2D eigenvalue weighted by Crippen LogP contribution is 2.27. The van der Waals surface area contributed by atoms with Crippen molar-refractivity contribution in [3.63, 3.8) is 0 Å². The van der Waals surface area contributed by atoms with Crippen LogP contribution in [0.5, 0.6) is 0 Å². The van der Waals surface area contributed by atoms with Gasteiger partial charge in [-0.2, -0.15) is 0 Å². The first-order valence-corrected chi connectivity index (χ1v) is 7.97. The van der Waals surface area contributed by atoms with Crippen LogP contribution >= 0.6 is 11.3 Å². The fourth-order valence-corrected chi connectivity index (χ4v) is 3.56. The second-order valence-electron chi connectivity index (χ2n) is 5.26. The number of thiophene rings is 1. The highest BCUT2D eigenvalue weighted by Gasteiger charge is 2.20. The Hall–Kier alpha value is -1.98. The average Bonchev–Trinajstić information content (AvgIpc) is 3.16. The van der Waals surface area contributed by atoms with E-state index >= 15 is 0 Å². The lowest BCUT2D eigenvalue weighted by atomic mass is 10.2. The molecule has 4 nitrogen and oxygen atoms in total. The molecule has 4 rings (SSSR count). The lowest BCUT2D eigenvalue weighted by Gasteiger charge is -2.28. The fraction of sp³-hybridized carbons (Fsp3) is 0.250. The molecular formula is C16H16N4S. The molecular weight excluding hydrogens is 280 g/mol. The van der Waals surface area contributed by atoms with E-state index in [4.69, 9.17) is 0 Å². The molecule has 5 heteroatoms. The maximum absolute atomic E-state index is 4.62. The summed E-state index contributed by atoms with van der Waals surface area (Å²) in [6.45, 7) is 3.90. The van der Waals surface area contributed by atoms with Gasteiger partial charge in [0.25, 0.3) is 0 Å². The van der Waals surface area contributed by atoms with E-state index in [1.54, 1.807) is 11.3 Å². The fourth-order valence-electron chi connectivity index (χ4n) is 2.82. The maximum Gasteiger partial charge on any atom is 0.123 e. The SMILES string of the molecule is c1cncc(CN2CCn3c(-c4cccs4)cnc3C2)c1. The molecule has 1 aliphatic rings. The lowest BCUT2D eigenvalue weighted by molar-refractivity contribution is 0.209. The molecule has 3 aromatic rings. The molecule has 106 valence electrons. The minimum Gasteiger partial charge on any atom is -0.325 e. The number of nitrogens with zero attached hydrogens (tertiary/aromatic N) is 4. The van der Waals surface area contributed by atoms with Crippen molar-refractivity contribution in [2.45, 2.75) is 19.6 Å². The summed E-state index contributed by atoms with van der Waals surface area (Å²) in [6.07, 6.45) is 5.77. The monoisotopic (exact) mass is 296 g/mol. The Balaban J connectivity index is 1.54. The third-order valence-electron chi connectivity index (χ3n) is 3.85. The van der Waals surface area contributed by atoms with Crippen LogP contribution in [-0.4, -0.2) is 26.0 Å². The molecule has 0 aromatic carbocycles. The highest BCUT2D eigenvalue weighted by molar-refractivity contribution is 7.13. The Morgan fingerprint density at radius 2 is 2.14 bits per heavy atom. The molecule has 0 N–H and O–H groups in total. The first-order chi connectivity index (χ1) is 10.4. The van der Waals surface area contributed by atoms with Gasteiger partial charge < -0.3 is 4.57 Å². The molecule has 0 radical (unpaired) electrons. The lowest BCUT2D eigenvalue weighted by Crippen LogP contribution is -2.33. The molecule has 0 atom stereocenters. The van der Waals surface area contributed by atoms with Gasteiger partial charge in [0.2, 0.25) is 0 Å². The molecule has 0 unspecified atom stereocenters. The number of imidazole rings is 1. The summed E-state index contributed by atoms with van der Waals surface area (Å²) >= 11 is 1.77. The summed E-state index contributed by atoms with van der Waals surface area (Å²) in [5.74, 6) is 1.16. The van der Waals surface area contributed by atoms with Gasteiger partial charge in [-0.25, -0.2) is 4.98 Å². The van der Waals surface area contributed by atoms with E-state index in [1.165, 1.54) is 16.1 Å². The van der Waals surface area contributed by atoms with Crippen molar-refractivity contribution in [2.24, 2.45) is 0 Å². The van der Waals surface area contributed by atoms with Crippen molar-refractivity contribution >= 4 is 11.3 Å². The molecule has 0 saturated carbocycles. The van der Waals surface area contributed by atoms with Crippen molar-refractivity contribution in [1.29, 1.82) is 0 Å². The standard InChI is InChI=1S/C16H16N4S/c1-3-13(9-17-5-1)11-19-6-7-20-14(10-18-16(20)12-19)15-4-2-8-21-15/h1-5,8-10H,6-7,11-12H2. The van der Waals surface area contributed by atoms with Gasteiger partial charge in [-0.15, -0.1) is 11.3 Å². The van der Waals surface area contributed by atoms with Crippen LogP contribution in [0.3, 0.4) is 0 Å². The zero-order valence-corrected chi connectivity index (χ0v) is 12.5. The third-order valence-corrected chi connectivity index (χ3v) is 4.74. The maximum atomic E-state index is 4.62. The molecule has 4 heterocycles. The number of hydrogen-bond donors (Lipinski definition) is 0. The summed E-state index contributed by atoms with van der Waals surface area (Å²) in [5.41, 5.74) is 2.51. The minimum absolute atomic E-state index is 0.903. The van der Waals surface area contributed by atoms with Crippen LogP contribution in [0.2, 0.25) is 0 Å². The molecule has 0 spiro atoms. The Labute approximate surface area is 127 Å². The number of hydrogen-bond acceptors (Lipinski definition) is 4. The van der Waals surface area contributed by atoms with Gasteiger partial charge in [-0.05, 0) is 23.1 Å². The Kier molecular flexibility index (Phi) is 3.29.